The molecule has 1 saturated heterocycles. The highest BCUT2D eigenvalue weighted by Crippen LogP contribution is 2.19. The molecule has 1 aromatic rings. The van der Waals surface area contributed by atoms with Gasteiger partial charge in [-0.05, 0) is 52.3 Å². The number of amides is 1. The minimum Gasteiger partial charge on any atom is -0.444 e. The Balaban J connectivity index is 1.91. The van der Waals surface area contributed by atoms with Gasteiger partial charge in [-0.1, -0.05) is 6.07 Å². The first-order valence-electron chi connectivity index (χ1n) is 7.93. The Kier molecular flexibility index (Phi) is 5.40. The van der Waals surface area contributed by atoms with E-state index in [2.05, 4.69) is 9.88 Å². The first-order valence-corrected chi connectivity index (χ1v) is 7.93. The Bertz CT molecular complexity index is 484. The number of hydrogen-bond donors (Lipinski definition) is 0. The van der Waals surface area contributed by atoms with Crippen molar-refractivity contribution in [3.8, 4) is 0 Å². The van der Waals surface area contributed by atoms with Crippen LogP contribution in [0.25, 0.3) is 0 Å². The molecule has 5 heteroatoms. The van der Waals surface area contributed by atoms with E-state index in [1.54, 1.807) is 4.90 Å². The molecular weight excluding hydrogens is 278 g/mol. The number of aromatic nitrogens is 1. The third-order valence-corrected chi connectivity index (χ3v) is 3.82. The predicted molar refractivity (Wildman–Crippen MR) is 86.5 cm³/mol. The Hall–Kier alpha value is -1.62. The van der Waals surface area contributed by atoms with Gasteiger partial charge in [0.15, 0.2) is 0 Å². The third-order valence-electron chi connectivity index (χ3n) is 3.82. The normalized spacial score (nSPS) is 19.7. The fraction of sp³-hybridized carbons (Fsp3) is 0.647. The molecule has 0 unspecified atom stereocenters. The average molecular weight is 305 g/mol. The number of piperidine rings is 1. The molecule has 1 aromatic heterocycles. The maximum absolute atomic E-state index is 12.2. The quantitative estimate of drug-likeness (QED) is 0.861. The molecule has 2 rings (SSSR count). The number of hydrogen-bond acceptors (Lipinski definition) is 4. The summed E-state index contributed by atoms with van der Waals surface area (Å²) in [6, 6.07) is 6.18. The Morgan fingerprint density at radius 1 is 1.45 bits per heavy atom. The molecule has 0 saturated carbocycles. The molecule has 1 aliphatic heterocycles. The van der Waals surface area contributed by atoms with E-state index < -0.39 is 5.60 Å². The second-order valence-corrected chi connectivity index (χ2v) is 6.94. The smallest absolute Gasteiger partial charge is 0.410 e. The number of pyridine rings is 1. The summed E-state index contributed by atoms with van der Waals surface area (Å²) in [4.78, 5) is 20.7. The fourth-order valence-electron chi connectivity index (χ4n) is 2.69. The van der Waals surface area contributed by atoms with Gasteiger partial charge in [0, 0.05) is 32.4 Å². The maximum Gasteiger partial charge on any atom is 0.410 e. The van der Waals surface area contributed by atoms with Crippen LogP contribution < -0.4 is 0 Å². The van der Waals surface area contributed by atoms with Gasteiger partial charge in [0.2, 0.25) is 0 Å². The van der Waals surface area contributed by atoms with Crippen LogP contribution in [0.4, 0.5) is 4.79 Å². The Labute approximate surface area is 133 Å². The van der Waals surface area contributed by atoms with Crippen molar-refractivity contribution in [2.24, 2.45) is 0 Å². The van der Waals surface area contributed by atoms with Crippen molar-refractivity contribution < 1.29 is 9.53 Å². The summed E-state index contributed by atoms with van der Waals surface area (Å²) in [7, 11) is 1.84. The van der Waals surface area contributed by atoms with Gasteiger partial charge in [0.25, 0.3) is 0 Å². The summed E-state index contributed by atoms with van der Waals surface area (Å²) in [5, 5.41) is 0. The van der Waals surface area contributed by atoms with Crippen molar-refractivity contribution in [1.29, 1.82) is 0 Å². The van der Waals surface area contributed by atoms with Crippen LogP contribution in [0.1, 0.15) is 39.3 Å². The zero-order chi connectivity index (χ0) is 16.2. The van der Waals surface area contributed by atoms with Crippen LogP contribution in [-0.4, -0.2) is 52.7 Å². The molecule has 0 aliphatic carbocycles. The van der Waals surface area contributed by atoms with E-state index in [4.69, 9.17) is 4.74 Å². The lowest BCUT2D eigenvalue weighted by atomic mass is 10.0. The second kappa shape index (κ2) is 7.09. The van der Waals surface area contributed by atoms with E-state index in [9.17, 15) is 4.79 Å². The monoisotopic (exact) mass is 305 g/mol. The number of ether oxygens (including phenoxy) is 1. The number of carbonyl (C=O) groups excluding carboxylic acids is 1. The molecule has 1 amide bonds. The average Bonchev–Trinajstić information content (AvgIpc) is 2.46. The number of likely N-dealkylation sites (N-methyl/N-ethyl adjacent to an activating group) is 1. The van der Waals surface area contributed by atoms with Gasteiger partial charge in [-0.15, -0.1) is 0 Å². The van der Waals surface area contributed by atoms with Crippen LogP contribution in [0.15, 0.2) is 24.4 Å². The summed E-state index contributed by atoms with van der Waals surface area (Å²) < 4.78 is 5.46. The van der Waals surface area contributed by atoms with Gasteiger partial charge in [0.05, 0.1) is 5.69 Å². The zero-order valence-corrected chi connectivity index (χ0v) is 14.1. The Morgan fingerprint density at radius 2 is 2.23 bits per heavy atom. The van der Waals surface area contributed by atoms with Crippen LogP contribution in [0.2, 0.25) is 0 Å². The topological polar surface area (TPSA) is 45.7 Å². The molecule has 122 valence electrons. The molecule has 0 bridgehead atoms. The standard InChI is InChI=1S/C17H27N3O2/c1-17(2,3)22-16(21)19(4)15-9-7-11-20(13-15)12-14-8-5-6-10-18-14/h5-6,8,10,15H,7,9,11-13H2,1-4H3/t15-/m0/s1. The number of carbonyl (C=O) groups is 1. The molecule has 5 nitrogen and oxygen atoms in total. The highest BCUT2D eigenvalue weighted by Gasteiger charge is 2.29. The van der Waals surface area contributed by atoms with Gasteiger partial charge in [-0.2, -0.15) is 0 Å². The Morgan fingerprint density at radius 3 is 2.86 bits per heavy atom. The minimum atomic E-state index is -0.451. The highest BCUT2D eigenvalue weighted by atomic mass is 16.6. The zero-order valence-electron chi connectivity index (χ0n) is 14.1. The summed E-state index contributed by atoms with van der Waals surface area (Å²) in [5.74, 6) is 0. The van der Waals surface area contributed by atoms with E-state index in [1.165, 1.54) is 0 Å². The summed E-state index contributed by atoms with van der Waals surface area (Å²) >= 11 is 0. The van der Waals surface area contributed by atoms with E-state index in [0.29, 0.717) is 0 Å². The molecule has 22 heavy (non-hydrogen) atoms. The maximum atomic E-state index is 12.2. The minimum absolute atomic E-state index is 0.201. The lowest BCUT2D eigenvalue weighted by Gasteiger charge is -2.37. The number of rotatable bonds is 3. The van der Waals surface area contributed by atoms with Crippen molar-refractivity contribution in [3.63, 3.8) is 0 Å². The molecule has 1 atom stereocenters. The van der Waals surface area contributed by atoms with Crippen molar-refractivity contribution in [1.82, 2.24) is 14.8 Å². The van der Waals surface area contributed by atoms with Gasteiger partial charge in [0.1, 0.15) is 5.60 Å². The van der Waals surface area contributed by atoms with E-state index in [0.717, 1.165) is 38.2 Å². The lowest BCUT2D eigenvalue weighted by molar-refractivity contribution is 0.0129. The number of likely N-dealkylation sites (tertiary alicyclic amines) is 1. The molecule has 0 N–H and O–H groups in total. The molecule has 1 aliphatic rings. The second-order valence-electron chi connectivity index (χ2n) is 6.94. The SMILES string of the molecule is CN(C(=O)OC(C)(C)C)[C@H]1CCCN(Cc2ccccn2)C1. The molecule has 0 spiro atoms. The van der Waals surface area contributed by atoms with Crippen molar-refractivity contribution in [3.05, 3.63) is 30.1 Å². The van der Waals surface area contributed by atoms with Gasteiger partial charge in [-0.25, -0.2) is 4.79 Å². The molecule has 1 fully saturated rings. The first kappa shape index (κ1) is 16.7. The third kappa shape index (κ3) is 4.98. The largest absolute Gasteiger partial charge is 0.444 e. The van der Waals surface area contributed by atoms with Gasteiger partial charge in [-0.3, -0.25) is 9.88 Å². The van der Waals surface area contributed by atoms with Crippen LogP contribution in [0.5, 0.6) is 0 Å². The lowest BCUT2D eigenvalue weighted by Crippen LogP contribution is -2.49. The van der Waals surface area contributed by atoms with Crippen LogP contribution in [0, 0.1) is 0 Å². The van der Waals surface area contributed by atoms with Crippen LogP contribution in [-0.2, 0) is 11.3 Å². The number of nitrogens with zero attached hydrogens (tertiary/aromatic N) is 3. The van der Waals surface area contributed by atoms with E-state index in [1.807, 2.05) is 52.2 Å². The van der Waals surface area contributed by atoms with Crippen molar-refractivity contribution in [2.75, 3.05) is 20.1 Å². The van der Waals surface area contributed by atoms with Crippen molar-refractivity contribution >= 4 is 6.09 Å². The highest BCUT2D eigenvalue weighted by molar-refractivity contribution is 5.68. The van der Waals surface area contributed by atoms with E-state index >= 15 is 0 Å². The first-order chi connectivity index (χ1) is 10.3. The van der Waals surface area contributed by atoms with Gasteiger partial charge < -0.3 is 9.64 Å². The molecule has 0 radical (unpaired) electrons. The molecular formula is C17H27N3O2. The van der Waals surface area contributed by atoms with Crippen LogP contribution >= 0.6 is 0 Å². The van der Waals surface area contributed by atoms with E-state index in [-0.39, 0.29) is 12.1 Å². The predicted octanol–water partition coefficient (Wildman–Crippen LogP) is 2.91. The van der Waals surface area contributed by atoms with Crippen molar-refractivity contribution in [2.45, 2.75) is 51.8 Å². The molecule has 0 aromatic carbocycles. The van der Waals surface area contributed by atoms with Gasteiger partial charge >= 0.3 is 6.09 Å². The van der Waals surface area contributed by atoms with Crippen LogP contribution in [0.3, 0.4) is 0 Å². The fourth-order valence-corrected chi connectivity index (χ4v) is 2.69. The summed E-state index contributed by atoms with van der Waals surface area (Å²) in [5.41, 5.74) is 0.622. The summed E-state index contributed by atoms with van der Waals surface area (Å²) in [6.45, 7) is 8.44. The summed E-state index contributed by atoms with van der Waals surface area (Å²) in [6.07, 6.45) is 3.69. The molecule has 2 heterocycles.